The van der Waals surface area contributed by atoms with E-state index in [4.69, 9.17) is 10.5 Å². The Labute approximate surface area is 117 Å². The summed E-state index contributed by atoms with van der Waals surface area (Å²) in [5, 5.41) is 0. The summed E-state index contributed by atoms with van der Waals surface area (Å²) < 4.78 is 6.70. The van der Waals surface area contributed by atoms with Crippen molar-refractivity contribution >= 4 is 21.6 Å². The molecular formula is C14H21BrN2O. The molecule has 0 aliphatic carbocycles. The molecule has 1 aliphatic heterocycles. The minimum Gasteiger partial charge on any atom is -0.398 e. The zero-order valence-electron chi connectivity index (χ0n) is 10.9. The number of nitrogens with two attached hydrogens (primary N) is 1. The van der Waals surface area contributed by atoms with Crippen molar-refractivity contribution in [3.05, 3.63) is 28.2 Å². The van der Waals surface area contributed by atoms with Crippen LogP contribution in [0.3, 0.4) is 0 Å². The number of nitrogen functional groups attached to an aromatic ring is 1. The molecule has 100 valence electrons. The van der Waals surface area contributed by atoms with Gasteiger partial charge in [0.2, 0.25) is 0 Å². The summed E-state index contributed by atoms with van der Waals surface area (Å²) in [6, 6.07) is 6.13. The van der Waals surface area contributed by atoms with Crippen LogP contribution >= 0.6 is 15.9 Å². The van der Waals surface area contributed by atoms with Crippen molar-refractivity contribution in [2.45, 2.75) is 32.4 Å². The minimum absolute atomic E-state index is 0.452. The highest BCUT2D eigenvalue weighted by atomic mass is 79.9. The predicted molar refractivity (Wildman–Crippen MR) is 78.5 cm³/mol. The van der Waals surface area contributed by atoms with E-state index in [9.17, 15) is 0 Å². The van der Waals surface area contributed by atoms with E-state index in [0.29, 0.717) is 6.10 Å². The van der Waals surface area contributed by atoms with Crippen LogP contribution in [0.2, 0.25) is 0 Å². The second kappa shape index (κ2) is 6.55. The average Bonchev–Trinajstić information content (AvgIpc) is 2.35. The van der Waals surface area contributed by atoms with Gasteiger partial charge in [-0.2, -0.15) is 0 Å². The number of halogens is 1. The summed E-state index contributed by atoms with van der Waals surface area (Å²) in [7, 11) is 0. The first kappa shape index (κ1) is 13.8. The predicted octanol–water partition coefficient (Wildman–Crippen LogP) is 3.03. The maximum absolute atomic E-state index is 6.03. The summed E-state index contributed by atoms with van der Waals surface area (Å²) in [4.78, 5) is 2.45. The van der Waals surface area contributed by atoms with E-state index in [1.165, 1.54) is 5.56 Å². The van der Waals surface area contributed by atoms with Crippen molar-refractivity contribution in [2.24, 2.45) is 0 Å². The van der Waals surface area contributed by atoms with Crippen LogP contribution in [0.25, 0.3) is 0 Å². The summed E-state index contributed by atoms with van der Waals surface area (Å²) in [5.41, 5.74) is 8.12. The van der Waals surface area contributed by atoms with Gasteiger partial charge in [0.25, 0.3) is 0 Å². The van der Waals surface area contributed by atoms with Gasteiger partial charge in [0, 0.05) is 36.4 Å². The lowest BCUT2D eigenvalue weighted by molar-refractivity contribution is 0.0125. The highest BCUT2D eigenvalue weighted by molar-refractivity contribution is 9.10. The molecule has 1 heterocycles. The zero-order valence-corrected chi connectivity index (χ0v) is 12.4. The smallest absolute Gasteiger partial charge is 0.0599 e. The van der Waals surface area contributed by atoms with Crippen LogP contribution in [0, 0.1) is 0 Å². The second-order valence-electron chi connectivity index (χ2n) is 4.77. The molecule has 0 spiro atoms. The van der Waals surface area contributed by atoms with Crippen LogP contribution in [0.1, 0.15) is 25.3 Å². The molecular weight excluding hydrogens is 292 g/mol. The molecule has 2 N–H and O–H groups in total. The largest absolute Gasteiger partial charge is 0.398 e. The van der Waals surface area contributed by atoms with Crippen LogP contribution in [0.4, 0.5) is 5.69 Å². The SMILES string of the molecule is CCOC1CCN(Cc2ccc(Br)cc2N)CC1. The topological polar surface area (TPSA) is 38.5 Å². The standard InChI is InChI=1S/C14H21BrN2O/c1-2-18-13-5-7-17(8-6-13)10-11-3-4-12(15)9-14(11)16/h3-4,9,13H,2,5-8,10,16H2,1H3. The van der Waals surface area contributed by atoms with Crippen molar-refractivity contribution < 1.29 is 4.74 Å². The van der Waals surface area contributed by atoms with Gasteiger partial charge in [-0.05, 0) is 37.5 Å². The van der Waals surface area contributed by atoms with Gasteiger partial charge in [-0.25, -0.2) is 0 Å². The molecule has 0 amide bonds. The van der Waals surface area contributed by atoms with Gasteiger partial charge in [-0.3, -0.25) is 4.90 Å². The lowest BCUT2D eigenvalue weighted by Crippen LogP contribution is -2.36. The first-order valence-corrected chi connectivity index (χ1v) is 7.36. The minimum atomic E-state index is 0.452. The Morgan fingerprint density at radius 2 is 2.11 bits per heavy atom. The van der Waals surface area contributed by atoms with Crippen LogP contribution in [0.5, 0.6) is 0 Å². The summed E-state index contributed by atoms with van der Waals surface area (Å²) in [6.45, 7) is 6.03. The van der Waals surface area contributed by atoms with Gasteiger partial charge in [0.1, 0.15) is 0 Å². The molecule has 0 bridgehead atoms. The van der Waals surface area contributed by atoms with Gasteiger partial charge in [-0.1, -0.05) is 22.0 Å². The molecule has 0 aromatic heterocycles. The van der Waals surface area contributed by atoms with Gasteiger partial charge < -0.3 is 10.5 Å². The number of piperidine rings is 1. The van der Waals surface area contributed by atoms with Crippen molar-refractivity contribution in [1.82, 2.24) is 4.90 Å². The third-order valence-corrected chi connectivity index (χ3v) is 3.93. The Morgan fingerprint density at radius 3 is 2.72 bits per heavy atom. The Balaban J connectivity index is 1.87. The molecule has 0 atom stereocenters. The number of hydrogen-bond acceptors (Lipinski definition) is 3. The third-order valence-electron chi connectivity index (χ3n) is 3.44. The van der Waals surface area contributed by atoms with Gasteiger partial charge in [0.05, 0.1) is 6.10 Å². The maximum atomic E-state index is 6.03. The molecule has 0 unspecified atom stereocenters. The van der Waals surface area contributed by atoms with Gasteiger partial charge in [0.15, 0.2) is 0 Å². The molecule has 4 heteroatoms. The average molecular weight is 313 g/mol. The van der Waals surface area contributed by atoms with Crippen molar-refractivity contribution in [2.75, 3.05) is 25.4 Å². The fourth-order valence-electron chi connectivity index (χ4n) is 2.42. The van der Waals surface area contributed by atoms with Crippen molar-refractivity contribution in [3.8, 4) is 0 Å². The van der Waals surface area contributed by atoms with Gasteiger partial charge in [-0.15, -0.1) is 0 Å². The molecule has 2 rings (SSSR count). The zero-order chi connectivity index (χ0) is 13.0. The summed E-state index contributed by atoms with van der Waals surface area (Å²) in [6.07, 6.45) is 2.71. The second-order valence-corrected chi connectivity index (χ2v) is 5.69. The van der Waals surface area contributed by atoms with E-state index in [0.717, 1.165) is 49.2 Å². The number of rotatable bonds is 4. The van der Waals surface area contributed by atoms with E-state index < -0.39 is 0 Å². The van der Waals surface area contributed by atoms with Crippen LogP contribution in [0.15, 0.2) is 22.7 Å². The number of ether oxygens (including phenoxy) is 1. The van der Waals surface area contributed by atoms with E-state index >= 15 is 0 Å². The first-order chi connectivity index (χ1) is 8.69. The molecule has 0 saturated carbocycles. The number of anilines is 1. The van der Waals surface area contributed by atoms with Gasteiger partial charge >= 0.3 is 0 Å². The first-order valence-electron chi connectivity index (χ1n) is 6.57. The number of benzene rings is 1. The van der Waals surface area contributed by atoms with E-state index in [1.54, 1.807) is 0 Å². The number of likely N-dealkylation sites (tertiary alicyclic amines) is 1. The molecule has 1 aromatic rings. The summed E-state index contributed by atoms with van der Waals surface area (Å²) in [5.74, 6) is 0. The highest BCUT2D eigenvalue weighted by Gasteiger charge is 2.19. The van der Waals surface area contributed by atoms with Crippen molar-refractivity contribution in [1.29, 1.82) is 0 Å². The lowest BCUT2D eigenvalue weighted by atomic mass is 10.1. The Bertz CT molecular complexity index is 389. The van der Waals surface area contributed by atoms with E-state index in [1.807, 2.05) is 6.07 Å². The normalized spacial score (nSPS) is 18.1. The molecule has 1 saturated heterocycles. The monoisotopic (exact) mass is 312 g/mol. The Morgan fingerprint density at radius 1 is 1.39 bits per heavy atom. The third kappa shape index (κ3) is 3.70. The lowest BCUT2D eigenvalue weighted by Gasteiger charge is -2.32. The Hall–Kier alpha value is -0.580. The quantitative estimate of drug-likeness (QED) is 0.869. The molecule has 1 fully saturated rings. The molecule has 18 heavy (non-hydrogen) atoms. The fraction of sp³-hybridized carbons (Fsp3) is 0.571. The van der Waals surface area contributed by atoms with Crippen LogP contribution in [-0.2, 0) is 11.3 Å². The maximum Gasteiger partial charge on any atom is 0.0599 e. The van der Waals surface area contributed by atoms with E-state index in [-0.39, 0.29) is 0 Å². The fourth-order valence-corrected chi connectivity index (χ4v) is 2.80. The van der Waals surface area contributed by atoms with Crippen molar-refractivity contribution in [3.63, 3.8) is 0 Å². The van der Waals surface area contributed by atoms with Crippen LogP contribution in [-0.4, -0.2) is 30.7 Å². The highest BCUT2D eigenvalue weighted by Crippen LogP contribution is 2.22. The number of nitrogens with zero attached hydrogens (tertiary/aromatic N) is 1. The molecule has 3 nitrogen and oxygen atoms in total. The molecule has 1 aliphatic rings. The summed E-state index contributed by atoms with van der Waals surface area (Å²) >= 11 is 3.44. The number of hydrogen-bond donors (Lipinski definition) is 1. The Kier molecular flexibility index (Phi) is 5.03. The van der Waals surface area contributed by atoms with E-state index in [2.05, 4.69) is 39.9 Å². The molecule has 0 radical (unpaired) electrons. The van der Waals surface area contributed by atoms with Crippen LogP contribution < -0.4 is 5.73 Å². The molecule has 1 aromatic carbocycles.